The lowest BCUT2D eigenvalue weighted by atomic mass is 9.78. The van der Waals surface area contributed by atoms with Crippen LogP contribution in [-0.2, 0) is 5.41 Å². The highest BCUT2D eigenvalue weighted by atomic mass is 15.2. The van der Waals surface area contributed by atoms with E-state index in [-0.39, 0.29) is 5.41 Å². The molecule has 23 heavy (non-hydrogen) atoms. The summed E-state index contributed by atoms with van der Waals surface area (Å²) in [6.07, 6.45) is 7.30. The Morgan fingerprint density at radius 1 is 1.22 bits per heavy atom. The van der Waals surface area contributed by atoms with Crippen molar-refractivity contribution in [2.24, 2.45) is 0 Å². The molecule has 7 nitrogen and oxygen atoms in total. The molecule has 4 heterocycles. The molecule has 0 amide bonds. The Morgan fingerprint density at radius 3 is 3.00 bits per heavy atom. The minimum Gasteiger partial charge on any atom is -0.354 e. The first-order chi connectivity index (χ1) is 11.2. The first kappa shape index (κ1) is 14.0. The van der Waals surface area contributed by atoms with Crippen molar-refractivity contribution in [3.05, 3.63) is 36.4 Å². The van der Waals surface area contributed by atoms with E-state index in [9.17, 15) is 0 Å². The lowest BCUT2D eigenvalue weighted by molar-refractivity contribution is 0.362. The van der Waals surface area contributed by atoms with Gasteiger partial charge in [-0.3, -0.25) is 0 Å². The van der Waals surface area contributed by atoms with Crippen molar-refractivity contribution in [2.45, 2.75) is 32.1 Å². The standard InChI is InChI=1S/C16H19N7/c1-11-17-6-4-12(22-11)16(2)5-3-7-23(8-16)15-13-14(19-9-18-13)20-10-21-15/h4,6,9-10H,3,5,7-8H2,1-2H3,(H,18,19,20,21). The quantitative estimate of drug-likeness (QED) is 0.779. The van der Waals surface area contributed by atoms with Crippen molar-refractivity contribution in [1.29, 1.82) is 0 Å². The fourth-order valence-corrected chi connectivity index (χ4v) is 3.41. The lowest BCUT2D eigenvalue weighted by Gasteiger charge is -2.40. The number of aromatic nitrogens is 6. The fraction of sp³-hybridized carbons (Fsp3) is 0.438. The third-order valence-corrected chi connectivity index (χ3v) is 4.59. The first-order valence-electron chi connectivity index (χ1n) is 7.85. The molecule has 0 bridgehead atoms. The molecule has 1 unspecified atom stereocenters. The number of nitrogens with zero attached hydrogens (tertiary/aromatic N) is 6. The van der Waals surface area contributed by atoms with Gasteiger partial charge in [-0.2, -0.15) is 0 Å². The van der Waals surface area contributed by atoms with E-state index >= 15 is 0 Å². The van der Waals surface area contributed by atoms with Gasteiger partial charge < -0.3 is 9.88 Å². The van der Waals surface area contributed by atoms with E-state index in [1.54, 1.807) is 12.7 Å². The molecule has 0 aromatic carbocycles. The van der Waals surface area contributed by atoms with Crippen molar-refractivity contribution < 1.29 is 0 Å². The zero-order valence-corrected chi connectivity index (χ0v) is 13.3. The van der Waals surface area contributed by atoms with Gasteiger partial charge in [-0.25, -0.2) is 24.9 Å². The van der Waals surface area contributed by atoms with Gasteiger partial charge in [0.25, 0.3) is 0 Å². The largest absolute Gasteiger partial charge is 0.354 e. The van der Waals surface area contributed by atoms with Crippen LogP contribution < -0.4 is 4.90 Å². The molecule has 0 radical (unpaired) electrons. The van der Waals surface area contributed by atoms with E-state index in [1.807, 2.05) is 19.2 Å². The number of aromatic amines is 1. The summed E-state index contributed by atoms with van der Waals surface area (Å²) in [6.45, 7) is 6.05. The molecular formula is C16H19N7. The number of fused-ring (bicyclic) bond motifs is 1. The third kappa shape index (κ3) is 2.42. The van der Waals surface area contributed by atoms with Crippen LogP contribution in [0, 0.1) is 6.92 Å². The first-order valence-corrected chi connectivity index (χ1v) is 7.85. The molecule has 1 atom stereocenters. The number of hydrogen-bond acceptors (Lipinski definition) is 6. The Kier molecular flexibility index (Phi) is 3.21. The average Bonchev–Trinajstić information content (AvgIpc) is 3.03. The van der Waals surface area contributed by atoms with Crippen LogP contribution in [0.3, 0.4) is 0 Å². The number of nitrogens with one attached hydrogen (secondary N) is 1. The maximum atomic E-state index is 4.66. The van der Waals surface area contributed by atoms with Crippen LogP contribution in [-0.4, -0.2) is 43.0 Å². The maximum Gasteiger partial charge on any atom is 0.182 e. The average molecular weight is 309 g/mol. The van der Waals surface area contributed by atoms with Crippen LogP contribution in [0.5, 0.6) is 0 Å². The highest BCUT2D eigenvalue weighted by molar-refractivity contribution is 5.82. The summed E-state index contributed by atoms with van der Waals surface area (Å²) < 4.78 is 0. The predicted molar refractivity (Wildman–Crippen MR) is 87.3 cm³/mol. The second-order valence-electron chi connectivity index (χ2n) is 6.37. The number of anilines is 1. The SMILES string of the molecule is Cc1nccc(C2(C)CCCN(c3ncnc4nc[nH]c34)C2)n1. The number of imidazole rings is 1. The molecule has 0 saturated carbocycles. The van der Waals surface area contributed by atoms with Crippen LogP contribution >= 0.6 is 0 Å². The van der Waals surface area contributed by atoms with Gasteiger partial charge in [-0.05, 0) is 25.8 Å². The molecule has 0 spiro atoms. The molecule has 3 aromatic rings. The van der Waals surface area contributed by atoms with Crippen molar-refractivity contribution in [1.82, 2.24) is 29.9 Å². The van der Waals surface area contributed by atoms with Crippen LogP contribution in [0.2, 0.25) is 0 Å². The normalized spacial score (nSPS) is 21.7. The van der Waals surface area contributed by atoms with Gasteiger partial charge in [0.1, 0.15) is 17.7 Å². The fourth-order valence-electron chi connectivity index (χ4n) is 3.41. The molecule has 1 saturated heterocycles. The number of rotatable bonds is 2. The monoisotopic (exact) mass is 309 g/mol. The second kappa shape index (κ2) is 5.26. The van der Waals surface area contributed by atoms with Gasteiger partial charge in [0.15, 0.2) is 11.5 Å². The highest BCUT2D eigenvalue weighted by Gasteiger charge is 2.35. The van der Waals surface area contributed by atoms with Crippen molar-refractivity contribution in [3.63, 3.8) is 0 Å². The summed E-state index contributed by atoms with van der Waals surface area (Å²) in [5.74, 6) is 1.74. The lowest BCUT2D eigenvalue weighted by Crippen LogP contribution is -2.45. The summed E-state index contributed by atoms with van der Waals surface area (Å²) in [5, 5.41) is 0. The molecule has 3 aromatic heterocycles. The van der Waals surface area contributed by atoms with E-state index in [4.69, 9.17) is 0 Å². The van der Waals surface area contributed by atoms with Crippen LogP contribution in [0.1, 0.15) is 31.3 Å². The Hall–Kier alpha value is -2.57. The maximum absolute atomic E-state index is 4.66. The second-order valence-corrected chi connectivity index (χ2v) is 6.37. The summed E-state index contributed by atoms with van der Waals surface area (Å²) >= 11 is 0. The van der Waals surface area contributed by atoms with Gasteiger partial charge in [0.2, 0.25) is 0 Å². The zero-order valence-electron chi connectivity index (χ0n) is 13.3. The Labute approximate surface area is 134 Å². The van der Waals surface area contributed by atoms with Crippen molar-refractivity contribution >= 4 is 17.0 Å². The smallest absolute Gasteiger partial charge is 0.182 e. The molecule has 1 fully saturated rings. The van der Waals surface area contributed by atoms with E-state index < -0.39 is 0 Å². The van der Waals surface area contributed by atoms with Crippen LogP contribution in [0.15, 0.2) is 24.9 Å². The minimum atomic E-state index is -0.0107. The number of hydrogen-bond donors (Lipinski definition) is 1. The van der Waals surface area contributed by atoms with Gasteiger partial charge in [0.05, 0.1) is 12.0 Å². The van der Waals surface area contributed by atoms with E-state index in [0.717, 1.165) is 48.8 Å². The van der Waals surface area contributed by atoms with Gasteiger partial charge in [-0.15, -0.1) is 0 Å². The number of aryl methyl sites for hydroxylation is 1. The summed E-state index contributed by atoms with van der Waals surface area (Å²) in [5.41, 5.74) is 2.70. The predicted octanol–water partition coefficient (Wildman–Crippen LogP) is 2.01. The highest BCUT2D eigenvalue weighted by Crippen LogP contribution is 2.35. The van der Waals surface area contributed by atoms with Gasteiger partial charge in [0, 0.05) is 24.7 Å². The Bertz CT molecular complexity index is 843. The molecule has 7 heteroatoms. The number of H-pyrrole nitrogens is 1. The third-order valence-electron chi connectivity index (χ3n) is 4.59. The van der Waals surface area contributed by atoms with Crippen LogP contribution in [0.25, 0.3) is 11.2 Å². The molecule has 1 aliphatic heterocycles. The van der Waals surface area contributed by atoms with E-state index in [0.29, 0.717) is 5.65 Å². The van der Waals surface area contributed by atoms with Gasteiger partial charge >= 0.3 is 0 Å². The molecule has 0 aliphatic carbocycles. The van der Waals surface area contributed by atoms with Gasteiger partial charge in [-0.1, -0.05) is 6.92 Å². The summed E-state index contributed by atoms with van der Waals surface area (Å²) in [6, 6.07) is 2.03. The number of piperidine rings is 1. The topological polar surface area (TPSA) is 83.5 Å². The molecule has 1 N–H and O–H groups in total. The molecule has 1 aliphatic rings. The molecule has 4 rings (SSSR count). The minimum absolute atomic E-state index is 0.0107. The Balaban J connectivity index is 1.71. The van der Waals surface area contributed by atoms with Crippen molar-refractivity contribution in [2.75, 3.05) is 18.0 Å². The van der Waals surface area contributed by atoms with E-state index in [1.165, 1.54) is 0 Å². The zero-order chi connectivity index (χ0) is 15.9. The molecular weight excluding hydrogens is 290 g/mol. The van der Waals surface area contributed by atoms with Crippen LogP contribution in [0.4, 0.5) is 5.82 Å². The summed E-state index contributed by atoms with van der Waals surface area (Å²) in [7, 11) is 0. The Morgan fingerprint density at radius 2 is 2.13 bits per heavy atom. The summed E-state index contributed by atoms with van der Waals surface area (Å²) in [4.78, 5) is 27.3. The van der Waals surface area contributed by atoms with Crippen molar-refractivity contribution in [3.8, 4) is 0 Å². The van der Waals surface area contributed by atoms with E-state index in [2.05, 4.69) is 41.7 Å². The molecule has 118 valence electrons.